The van der Waals surface area contributed by atoms with Crippen LogP contribution in [0.5, 0.6) is 11.5 Å². The summed E-state index contributed by atoms with van der Waals surface area (Å²) in [5.74, 6) is 0.941. The first-order valence-electron chi connectivity index (χ1n) is 5.88. The number of rotatable bonds is 4. The molecule has 0 fully saturated rings. The van der Waals surface area contributed by atoms with Crippen LogP contribution < -0.4 is 9.47 Å². The summed E-state index contributed by atoms with van der Waals surface area (Å²) in [5, 5.41) is -0.551. The number of halogens is 3. The lowest BCUT2D eigenvalue weighted by molar-refractivity contribution is 0.399. The summed E-state index contributed by atoms with van der Waals surface area (Å²) < 4.78 is 24.5. The summed E-state index contributed by atoms with van der Waals surface area (Å²) in [5.41, 5.74) is 1.36. The Balaban J connectivity index is 2.51. The van der Waals surface area contributed by atoms with Gasteiger partial charge < -0.3 is 9.47 Å². The molecule has 20 heavy (non-hydrogen) atoms. The van der Waals surface area contributed by atoms with Gasteiger partial charge >= 0.3 is 0 Å². The molecule has 2 aromatic carbocycles. The SMILES string of the molecule is COc1ccc(OC)c(C(Cl)c2cccc(F)c2Br)c1. The fourth-order valence-electron chi connectivity index (χ4n) is 1.92. The maximum Gasteiger partial charge on any atom is 0.137 e. The summed E-state index contributed by atoms with van der Waals surface area (Å²) in [6, 6.07) is 10.1. The minimum Gasteiger partial charge on any atom is -0.497 e. The monoisotopic (exact) mass is 358 g/mol. The van der Waals surface area contributed by atoms with Crippen molar-refractivity contribution >= 4 is 27.5 Å². The highest BCUT2D eigenvalue weighted by Gasteiger charge is 2.20. The first-order chi connectivity index (χ1) is 9.58. The molecule has 1 unspecified atom stereocenters. The molecule has 0 aliphatic rings. The third-order valence-electron chi connectivity index (χ3n) is 2.96. The first kappa shape index (κ1) is 15.1. The van der Waals surface area contributed by atoms with E-state index in [9.17, 15) is 4.39 Å². The van der Waals surface area contributed by atoms with Crippen molar-refractivity contribution < 1.29 is 13.9 Å². The fraction of sp³-hybridized carbons (Fsp3) is 0.200. The Bertz CT molecular complexity index is 619. The number of hydrogen-bond donors (Lipinski definition) is 0. The van der Waals surface area contributed by atoms with Crippen LogP contribution in [-0.4, -0.2) is 14.2 Å². The molecule has 106 valence electrons. The number of alkyl halides is 1. The predicted octanol–water partition coefficient (Wildman–Crippen LogP) is 4.93. The highest BCUT2D eigenvalue weighted by atomic mass is 79.9. The third-order valence-corrected chi connectivity index (χ3v) is 4.27. The molecule has 0 aromatic heterocycles. The molecule has 1 atom stereocenters. The zero-order valence-electron chi connectivity index (χ0n) is 11.0. The Kier molecular flexibility index (Phi) is 4.89. The van der Waals surface area contributed by atoms with E-state index >= 15 is 0 Å². The quantitative estimate of drug-likeness (QED) is 0.720. The van der Waals surface area contributed by atoms with Crippen molar-refractivity contribution in [1.29, 1.82) is 0 Å². The van der Waals surface area contributed by atoms with Gasteiger partial charge in [0.1, 0.15) is 17.3 Å². The second-order valence-electron chi connectivity index (χ2n) is 4.11. The summed E-state index contributed by atoms with van der Waals surface area (Å²) in [4.78, 5) is 0. The number of ether oxygens (including phenoxy) is 2. The first-order valence-corrected chi connectivity index (χ1v) is 7.11. The highest BCUT2D eigenvalue weighted by Crippen LogP contribution is 2.40. The minimum atomic E-state index is -0.551. The van der Waals surface area contributed by atoms with Crippen LogP contribution in [0, 0.1) is 5.82 Å². The van der Waals surface area contributed by atoms with Gasteiger partial charge in [-0.1, -0.05) is 12.1 Å². The van der Waals surface area contributed by atoms with Gasteiger partial charge in [0.25, 0.3) is 0 Å². The van der Waals surface area contributed by atoms with E-state index in [1.54, 1.807) is 44.6 Å². The van der Waals surface area contributed by atoms with Crippen LogP contribution in [0.4, 0.5) is 4.39 Å². The molecular formula is C15H13BrClFO2. The topological polar surface area (TPSA) is 18.5 Å². The molecule has 2 nitrogen and oxygen atoms in total. The largest absolute Gasteiger partial charge is 0.497 e. The summed E-state index contributed by atoms with van der Waals surface area (Å²) in [7, 11) is 3.14. The smallest absolute Gasteiger partial charge is 0.137 e. The van der Waals surface area contributed by atoms with Crippen molar-refractivity contribution in [1.82, 2.24) is 0 Å². The van der Waals surface area contributed by atoms with Crippen molar-refractivity contribution in [2.75, 3.05) is 14.2 Å². The molecule has 0 saturated carbocycles. The second kappa shape index (κ2) is 6.46. The van der Waals surface area contributed by atoms with Crippen molar-refractivity contribution in [3.05, 3.63) is 57.8 Å². The third kappa shape index (κ3) is 2.91. The Labute approximate surface area is 130 Å². The van der Waals surface area contributed by atoms with Crippen LogP contribution in [0.15, 0.2) is 40.9 Å². The highest BCUT2D eigenvalue weighted by molar-refractivity contribution is 9.10. The van der Waals surface area contributed by atoms with Gasteiger partial charge in [-0.3, -0.25) is 0 Å². The van der Waals surface area contributed by atoms with Gasteiger partial charge in [-0.15, -0.1) is 11.6 Å². The van der Waals surface area contributed by atoms with Gasteiger partial charge in [0.2, 0.25) is 0 Å². The van der Waals surface area contributed by atoms with E-state index in [4.69, 9.17) is 21.1 Å². The molecule has 0 bridgehead atoms. The minimum absolute atomic E-state index is 0.352. The normalized spacial score (nSPS) is 12.1. The summed E-state index contributed by atoms with van der Waals surface area (Å²) in [6.07, 6.45) is 0. The standard InChI is InChI=1S/C15H13BrClFO2/c1-19-9-6-7-13(20-2)11(8-9)15(17)10-4-3-5-12(18)14(10)16/h3-8,15H,1-2H3. The van der Waals surface area contributed by atoms with E-state index in [0.29, 0.717) is 21.5 Å². The second-order valence-corrected chi connectivity index (χ2v) is 5.34. The number of methoxy groups -OCH3 is 2. The molecule has 2 aromatic rings. The van der Waals surface area contributed by atoms with Crippen LogP contribution in [0.3, 0.4) is 0 Å². The summed E-state index contributed by atoms with van der Waals surface area (Å²) in [6.45, 7) is 0. The lowest BCUT2D eigenvalue weighted by Crippen LogP contribution is -2.00. The van der Waals surface area contributed by atoms with Crippen molar-refractivity contribution in [2.24, 2.45) is 0 Å². The molecule has 2 rings (SSSR count). The van der Waals surface area contributed by atoms with Crippen molar-refractivity contribution in [2.45, 2.75) is 5.38 Å². The number of hydrogen-bond acceptors (Lipinski definition) is 2. The molecule has 5 heteroatoms. The van der Waals surface area contributed by atoms with E-state index in [0.717, 1.165) is 5.56 Å². The number of benzene rings is 2. The van der Waals surface area contributed by atoms with Crippen LogP contribution in [0.2, 0.25) is 0 Å². The maximum atomic E-state index is 13.6. The van der Waals surface area contributed by atoms with E-state index in [1.807, 2.05) is 0 Å². The Morgan fingerprint density at radius 1 is 1.10 bits per heavy atom. The van der Waals surface area contributed by atoms with Crippen molar-refractivity contribution in [3.63, 3.8) is 0 Å². The van der Waals surface area contributed by atoms with Crippen LogP contribution >= 0.6 is 27.5 Å². The van der Waals surface area contributed by atoms with E-state index in [-0.39, 0.29) is 5.82 Å². The van der Waals surface area contributed by atoms with Gasteiger partial charge in [0, 0.05) is 5.56 Å². The molecule has 0 N–H and O–H groups in total. The van der Waals surface area contributed by atoms with E-state index < -0.39 is 5.38 Å². The lowest BCUT2D eigenvalue weighted by Gasteiger charge is -2.17. The Morgan fingerprint density at radius 3 is 2.50 bits per heavy atom. The van der Waals surface area contributed by atoms with E-state index in [2.05, 4.69) is 15.9 Å². The van der Waals surface area contributed by atoms with E-state index in [1.165, 1.54) is 6.07 Å². The van der Waals surface area contributed by atoms with Gasteiger partial charge in [0.15, 0.2) is 0 Å². The molecule has 0 saturated heterocycles. The maximum absolute atomic E-state index is 13.6. The average molecular weight is 360 g/mol. The lowest BCUT2D eigenvalue weighted by atomic mass is 10.0. The molecule has 0 amide bonds. The molecule has 0 heterocycles. The Morgan fingerprint density at radius 2 is 1.85 bits per heavy atom. The average Bonchev–Trinajstić information content (AvgIpc) is 2.48. The fourth-order valence-corrected chi connectivity index (χ4v) is 2.90. The van der Waals surface area contributed by atoms with Crippen LogP contribution in [0.1, 0.15) is 16.5 Å². The molecule has 0 aliphatic heterocycles. The van der Waals surface area contributed by atoms with Crippen LogP contribution in [-0.2, 0) is 0 Å². The van der Waals surface area contributed by atoms with Crippen LogP contribution in [0.25, 0.3) is 0 Å². The Hall–Kier alpha value is -1.26. The predicted molar refractivity (Wildman–Crippen MR) is 81.3 cm³/mol. The van der Waals surface area contributed by atoms with Gasteiger partial charge in [0.05, 0.1) is 24.1 Å². The van der Waals surface area contributed by atoms with Gasteiger partial charge in [-0.25, -0.2) is 4.39 Å². The zero-order valence-corrected chi connectivity index (χ0v) is 13.3. The molecular weight excluding hydrogens is 347 g/mol. The molecule has 0 spiro atoms. The van der Waals surface area contributed by atoms with Gasteiger partial charge in [-0.05, 0) is 45.8 Å². The zero-order chi connectivity index (χ0) is 14.7. The molecule has 0 aliphatic carbocycles. The molecule has 0 radical (unpaired) electrons. The summed E-state index contributed by atoms with van der Waals surface area (Å²) >= 11 is 9.72. The van der Waals surface area contributed by atoms with Gasteiger partial charge in [-0.2, -0.15) is 0 Å². The van der Waals surface area contributed by atoms with Crippen molar-refractivity contribution in [3.8, 4) is 11.5 Å².